The van der Waals surface area contributed by atoms with Crippen LogP contribution in [0.25, 0.3) is 0 Å². The Morgan fingerprint density at radius 2 is 0.789 bits per heavy atom. The highest BCUT2D eigenvalue weighted by Gasteiger charge is 2.38. The molecule has 0 N–H and O–H groups in total. The van der Waals surface area contributed by atoms with Crippen LogP contribution in [-0.4, -0.2) is 30.6 Å². The van der Waals surface area contributed by atoms with E-state index in [0.717, 1.165) is 0 Å². The van der Waals surface area contributed by atoms with Crippen molar-refractivity contribution in [2.75, 3.05) is 24.6 Å². The SMILES string of the molecule is C=COC(=O)C[P+](CCCCCCCCCC)(CCCCCCCCCC)CCCCCCCCCC.[Cl-]. The molecule has 0 fully saturated rings. The minimum absolute atomic E-state index is 0. The van der Waals surface area contributed by atoms with Crippen molar-refractivity contribution in [3.8, 4) is 0 Å². The van der Waals surface area contributed by atoms with Gasteiger partial charge in [0, 0.05) is 7.26 Å². The summed E-state index contributed by atoms with van der Waals surface area (Å²) in [6.07, 6.45) is 38.8. The van der Waals surface area contributed by atoms with E-state index in [0.29, 0.717) is 6.16 Å². The van der Waals surface area contributed by atoms with Crippen molar-refractivity contribution in [3.05, 3.63) is 12.8 Å². The topological polar surface area (TPSA) is 26.3 Å². The molecule has 4 heteroatoms. The van der Waals surface area contributed by atoms with Crippen LogP contribution in [0.15, 0.2) is 12.8 Å². The first-order valence-electron chi connectivity index (χ1n) is 16.8. The monoisotopic (exact) mass is 574 g/mol. The zero-order chi connectivity index (χ0) is 27.3. The molecule has 0 heterocycles. The third-order valence-electron chi connectivity index (χ3n) is 8.14. The van der Waals surface area contributed by atoms with Crippen molar-refractivity contribution in [3.63, 3.8) is 0 Å². The van der Waals surface area contributed by atoms with Crippen LogP contribution in [0, 0.1) is 0 Å². The molecule has 0 saturated heterocycles. The third-order valence-corrected chi connectivity index (χ3v) is 12.9. The first-order valence-corrected chi connectivity index (χ1v) is 19.3. The van der Waals surface area contributed by atoms with E-state index in [9.17, 15) is 4.79 Å². The number of esters is 1. The Hall–Kier alpha value is -0.0700. The Morgan fingerprint density at radius 1 is 0.526 bits per heavy atom. The summed E-state index contributed by atoms with van der Waals surface area (Å²) in [7, 11) is -1.30. The zero-order valence-corrected chi connectivity index (χ0v) is 27.9. The summed E-state index contributed by atoms with van der Waals surface area (Å²) in [5.41, 5.74) is 0. The third kappa shape index (κ3) is 26.2. The van der Waals surface area contributed by atoms with E-state index >= 15 is 0 Å². The highest BCUT2D eigenvalue weighted by molar-refractivity contribution is 7.76. The van der Waals surface area contributed by atoms with Gasteiger partial charge in [0.25, 0.3) is 0 Å². The molecule has 0 aromatic heterocycles. The maximum Gasteiger partial charge on any atom is 0.348 e. The van der Waals surface area contributed by atoms with Crippen molar-refractivity contribution >= 4 is 13.2 Å². The second-order valence-corrected chi connectivity index (χ2v) is 16.1. The van der Waals surface area contributed by atoms with E-state index in [-0.39, 0.29) is 18.4 Å². The molecule has 38 heavy (non-hydrogen) atoms. The molecule has 0 aliphatic carbocycles. The number of halogens is 1. The maximum atomic E-state index is 12.7. The smallest absolute Gasteiger partial charge is 0.348 e. The Morgan fingerprint density at radius 3 is 1.05 bits per heavy atom. The Bertz CT molecular complexity index is 447. The summed E-state index contributed by atoms with van der Waals surface area (Å²) in [5, 5.41) is 0. The van der Waals surface area contributed by atoms with Gasteiger partial charge >= 0.3 is 5.97 Å². The second-order valence-electron chi connectivity index (χ2n) is 11.8. The van der Waals surface area contributed by atoms with Gasteiger partial charge in [0.2, 0.25) is 0 Å². The van der Waals surface area contributed by atoms with Crippen LogP contribution >= 0.6 is 7.26 Å². The van der Waals surface area contributed by atoms with E-state index in [1.54, 1.807) is 0 Å². The Balaban J connectivity index is 0. The molecule has 0 unspecified atom stereocenters. The summed E-state index contributed by atoms with van der Waals surface area (Å²) >= 11 is 0. The number of hydrogen-bond donors (Lipinski definition) is 0. The Labute approximate surface area is 247 Å². The summed E-state index contributed by atoms with van der Waals surface area (Å²) < 4.78 is 5.30. The predicted octanol–water partition coefficient (Wildman–Crippen LogP) is 9.12. The van der Waals surface area contributed by atoms with Gasteiger partial charge in [-0.1, -0.05) is 143 Å². The molecule has 0 aliphatic rings. The Kier molecular flexibility index (Phi) is 33.2. The minimum atomic E-state index is -1.30. The average molecular weight is 575 g/mol. The van der Waals surface area contributed by atoms with E-state index in [2.05, 4.69) is 27.4 Å². The first kappa shape index (κ1) is 40.1. The lowest BCUT2D eigenvalue weighted by atomic mass is 10.1. The van der Waals surface area contributed by atoms with E-state index in [1.807, 2.05) is 0 Å². The van der Waals surface area contributed by atoms with Crippen LogP contribution in [-0.2, 0) is 9.53 Å². The van der Waals surface area contributed by atoms with Crippen LogP contribution in [0.5, 0.6) is 0 Å². The molecule has 0 amide bonds. The molecule has 2 nitrogen and oxygen atoms in total. The van der Waals surface area contributed by atoms with Crippen LogP contribution < -0.4 is 12.4 Å². The molecule has 0 rings (SSSR count). The van der Waals surface area contributed by atoms with Gasteiger partial charge in [-0.3, -0.25) is 0 Å². The van der Waals surface area contributed by atoms with Crippen LogP contribution in [0.1, 0.15) is 175 Å². The van der Waals surface area contributed by atoms with Crippen molar-refractivity contribution < 1.29 is 21.9 Å². The molecule has 0 spiro atoms. The largest absolute Gasteiger partial charge is 1.00 e. The normalized spacial score (nSPS) is 11.3. The zero-order valence-electron chi connectivity index (χ0n) is 26.2. The number of carbonyl (C=O) groups is 1. The van der Waals surface area contributed by atoms with Crippen LogP contribution in [0.2, 0.25) is 0 Å². The van der Waals surface area contributed by atoms with Crippen molar-refractivity contribution in [1.82, 2.24) is 0 Å². The van der Waals surface area contributed by atoms with Crippen molar-refractivity contribution in [2.24, 2.45) is 0 Å². The quantitative estimate of drug-likeness (QED) is 0.0370. The lowest BCUT2D eigenvalue weighted by molar-refractivity contribution is -0.135. The number of hydrogen-bond acceptors (Lipinski definition) is 2. The van der Waals surface area contributed by atoms with Gasteiger partial charge in [-0.2, -0.15) is 0 Å². The average Bonchev–Trinajstić information content (AvgIpc) is 2.89. The van der Waals surface area contributed by atoms with Crippen LogP contribution in [0.3, 0.4) is 0 Å². The predicted molar refractivity (Wildman–Crippen MR) is 171 cm³/mol. The van der Waals surface area contributed by atoms with Gasteiger partial charge in [0.1, 0.15) is 0 Å². The summed E-state index contributed by atoms with van der Waals surface area (Å²) in [6, 6.07) is 0. The molecular weight excluding hydrogens is 507 g/mol. The number of carbonyl (C=O) groups excluding carboxylic acids is 1. The van der Waals surface area contributed by atoms with E-state index in [4.69, 9.17) is 4.74 Å². The molecule has 0 saturated carbocycles. The van der Waals surface area contributed by atoms with Crippen molar-refractivity contribution in [1.29, 1.82) is 0 Å². The minimum Gasteiger partial charge on any atom is -1.00 e. The lowest BCUT2D eigenvalue weighted by Crippen LogP contribution is -3.00. The molecular formula is C34H68ClO2P. The van der Waals surface area contributed by atoms with E-state index in [1.165, 1.54) is 179 Å². The summed E-state index contributed by atoms with van der Waals surface area (Å²) in [4.78, 5) is 12.7. The number of unbranched alkanes of at least 4 members (excludes halogenated alkanes) is 21. The number of ether oxygens (including phenoxy) is 1. The highest BCUT2D eigenvalue weighted by Crippen LogP contribution is 2.61. The van der Waals surface area contributed by atoms with Gasteiger partial charge in [-0.15, -0.1) is 0 Å². The van der Waals surface area contributed by atoms with Gasteiger partial charge < -0.3 is 17.1 Å². The summed E-state index contributed by atoms with van der Waals surface area (Å²) in [5.74, 6) is -0.0120. The van der Waals surface area contributed by atoms with Gasteiger partial charge in [0.15, 0.2) is 6.16 Å². The summed E-state index contributed by atoms with van der Waals surface area (Å²) in [6.45, 7) is 10.5. The molecule has 0 radical (unpaired) electrons. The van der Waals surface area contributed by atoms with Gasteiger partial charge in [-0.25, -0.2) is 4.79 Å². The standard InChI is InChI=1S/C34H68O2P.ClH/c1-5-9-12-15-18-21-24-27-30-37(33-34(35)36-8-4,31-28-25-22-19-16-13-10-6-2)32-29-26-23-20-17-14-11-7-3;/h8H,4-7,9-33H2,1-3H3;1H/q+1;/p-1. The number of rotatable bonds is 30. The van der Waals surface area contributed by atoms with E-state index < -0.39 is 7.26 Å². The van der Waals surface area contributed by atoms with Gasteiger partial charge in [-0.05, 0) is 38.5 Å². The molecule has 0 aromatic rings. The highest BCUT2D eigenvalue weighted by atomic mass is 35.5. The van der Waals surface area contributed by atoms with Crippen molar-refractivity contribution in [2.45, 2.75) is 175 Å². The maximum absolute atomic E-state index is 12.7. The fourth-order valence-corrected chi connectivity index (χ4v) is 10.2. The van der Waals surface area contributed by atoms with Crippen LogP contribution in [0.4, 0.5) is 0 Å². The van der Waals surface area contributed by atoms with Gasteiger partial charge in [0.05, 0.1) is 24.7 Å². The molecule has 228 valence electrons. The molecule has 0 bridgehead atoms. The second kappa shape index (κ2) is 31.5. The molecule has 0 aromatic carbocycles. The lowest BCUT2D eigenvalue weighted by Gasteiger charge is -2.27. The molecule has 0 aliphatic heterocycles. The fourth-order valence-electron chi connectivity index (χ4n) is 5.72. The first-order chi connectivity index (χ1) is 18.1. The fraction of sp³-hybridized carbons (Fsp3) is 0.912. The molecule has 0 atom stereocenters.